The molecular weight excluding hydrogens is 440 g/mol. The van der Waals surface area contributed by atoms with E-state index in [1.165, 1.54) is 37.8 Å². The Bertz CT molecular complexity index is 1050. The zero-order valence-electron chi connectivity index (χ0n) is 19.0. The number of aryl methyl sites for hydroxylation is 1. The van der Waals surface area contributed by atoms with Crippen molar-refractivity contribution in [3.8, 4) is 5.75 Å². The average Bonchev–Trinajstić information content (AvgIpc) is 2.79. The molecule has 2 aromatic rings. The molecule has 0 bridgehead atoms. The molecule has 1 aliphatic rings. The van der Waals surface area contributed by atoms with Crippen molar-refractivity contribution in [3.05, 3.63) is 64.2 Å². The molecule has 33 heavy (non-hydrogen) atoms. The largest absolute Gasteiger partial charge is 0.494 e. The highest BCUT2D eigenvalue weighted by atomic mass is 35.5. The summed E-state index contributed by atoms with van der Waals surface area (Å²) in [5.41, 5.74) is 1.54. The maximum Gasteiger partial charge on any atom is 0.335 e. The summed E-state index contributed by atoms with van der Waals surface area (Å²) in [5, 5.41) is 2.61. The van der Waals surface area contributed by atoms with E-state index in [0.717, 1.165) is 23.5 Å². The highest BCUT2D eigenvalue weighted by molar-refractivity contribution is 6.39. The molecule has 0 saturated carbocycles. The van der Waals surface area contributed by atoms with Crippen LogP contribution in [0, 0.1) is 6.92 Å². The molecule has 3 rings (SSSR count). The molecule has 1 saturated heterocycles. The van der Waals surface area contributed by atoms with Crippen LogP contribution in [-0.2, 0) is 9.59 Å². The molecule has 1 fully saturated rings. The second kappa shape index (κ2) is 11.7. The van der Waals surface area contributed by atoms with Crippen molar-refractivity contribution in [1.29, 1.82) is 0 Å². The Morgan fingerprint density at radius 3 is 2.39 bits per heavy atom. The Hall–Kier alpha value is -3.12. The molecule has 1 N–H and O–H groups in total. The number of rotatable bonds is 10. The molecule has 0 radical (unpaired) electrons. The Morgan fingerprint density at radius 2 is 1.67 bits per heavy atom. The smallest absolute Gasteiger partial charge is 0.335 e. The molecule has 0 aromatic heterocycles. The van der Waals surface area contributed by atoms with Crippen LogP contribution >= 0.6 is 11.6 Å². The summed E-state index contributed by atoms with van der Waals surface area (Å²) in [4.78, 5) is 38.8. The lowest BCUT2D eigenvalue weighted by molar-refractivity contribution is -0.122. The number of unbranched alkanes of at least 4 members (excludes halogenated alkanes) is 5. The first-order valence-corrected chi connectivity index (χ1v) is 11.7. The lowest BCUT2D eigenvalue weighted by Gasteiger charge is -2.27. The van der Waals surface area contributed by atoms with Crippen LogP contribution in [0.5, 0.6) is 5.75 Å². The van der Waals surface area contributed by atoms with E-state index in [0.29, 0.717) is 28.4 Å². The summed E-state index contributed by atoms with van der Waals surface area (Å²) in [7, 11) is 0. The zero-order chi connectivity index (χ0) is 23.8. The van der Waals surface area contributed by atoms with Gasteiger partial charge in [-0.2, -0.15) is 0 Å². The summed E-state index contributed by atoms with van der Waals surface area (Å²) in [6, 6.07) is 11.3. The predicted molar refractivity (Wildman–Crippen MR) is 131 cm³/mol. The number of hydrogen-bond acceptors (Lipinski definition) is 4. The van der Waals surface area contributed by atoms with Crippen LogP contribution in [0.1, 0.15) is 56.6 Å². The number of anilines is 1. The van der Waals surface area contributed by atoms with E-state index < -0.39 is 17.8 Å². The van der Waals surface area contributed by atoms with Crippen LogP contribution in [0.2, 0.25) is 5.02 Å². The SMILES string of the molecule is CCCCCCCCOc1ccc(/C=C2\C(=O)NC(=O)N(c3cc(Cl)ccc3C)C2=O)cc1. The van der Waals surface area contributed by atoms with Crippen molar-refractivity contribution in [1.82, 2.24) is 5.32 Å². The predicted octanol–water partition coefficient (Wildman–Crippen LogP) is 6.05. The number of amides is 4. The molecule has 0 aliphatic carbocycles. The van der Waals surface area contributed by atoms with Crippen LogP contribution in [-0.4, -0.2) is 24.5 Å². The number of hydrogen-bond donors (Lipinski definition) is 1. The Morgan fingerprint density at radius 1 is 0.970 bits per heavy atom. The van der Waals surface area contributed by atoms with Crippen LogP contribution in [0.3, 0.4) is 0 Å². The minimum atomic E-state index is -0.800. The van der Waals surface area contributed by atoms with Gasteiger partial charge >= 0.3 is 6.03 Å². The summed E-state index contributed by atoms with van der Waals surface area (Å²) >= 11 is 6.05. The van der Waals surface area contributed by atoms with E-state index in [1.54, 1.807) is 43.3 Å². The lowest BCUT2D eigenvalue weighted by Crippen LogP contribution is -2.54. The van der Waals surface area contributed by atoms with Crippen molar-refractivity contribution in [2.45, 2.75) is 52.4 Å². The van der Waals surface area contributed by atoms with Gasteiger partial charge in [0.2, 0.25) is 0 Å². The van der Waals surface area contributed by atoms with Gasteiger partial charge in [0.15, 0.2) is 0 Å². The minimum Gasteiger partial charge on any atom is -0.494 e. The van der Waals surface area contributed by atoms with Crippen molar-refractivity contribution in [2.24, 2.45) is 0 Å². The number of barbiturate groups is 1. The molecule has 6 nitrogen and oxygen atoms in total. The molecule has 0 atom stereocenters. The fraction of sp³-hybridized carbons (Fsp3) is 0.346. The van der Waals surface area contributed by atoms with Crippen LogP contribution in [0.15, 0.2) is 48.0 Å². The Kier molecular flexibility index (Phi) is 8.66. The van der Waals surface area contributed by atoms with E-state index in [2.05, 4.69) is 12.2 Å². The number of nitrogens with zero attached hydrogens (tertiary/aromatic N) is 1. The summed E-state index contributed by atoms with van der Waals surface area (Å²) in [5.74, 6) is -0.696. The molecular formula is C26H29ClN2O4. The first-order valence-electron chi connectivity index (χ1n) is 11.3. The highest BCUT2D eigenvalue weighted by Gasteiger charge is 2.37. The van der Waals surface area contributed by atoms with Gasteiger partial charge in [0.1, 0.15) is 11.3 Å². The van der Waals surface area contributed by atoms with Gasteiger partial charge in [0.05, 0.1) is 12.3 Å². The molecule has 2 aromatic carbocycles. The summed E-state index contributed by atoms with van der Waals surface area (Å²) in [6.07, 6.45) is 8.65. The standard InChI is InChI=1S/C26H29ClN2O4/c1-3-4-5-6-7-8-15-33-21-13-10-19(11-14-21)16-22-24(30)28-26(32)29(25(22)31)23-17-20(27)12-9-18(23)2/h9-14,16-17H,3-8,15H2,1-2H3,(H,28,30,32)/b22-16+. The minimum absolute atomic E-state index is 0.130. The van der Waals surface area contributed by atoms with E-state index in [9.17, 15) is 14.4 Å². The molecule has 0 spiro atoms. The second-order valence-electron chi connectivity index (χ2n) is 8.07. The van der Waals surface area contributed by atoms with E-state index >= 15 is 0 Å². The first-order chi connectivity index (χ1) is 15.9. The number of nitrogens with one attached hydrogen (secondary N) is 1. The first kappa shape index (κ1) is 24.5. The molecule has 0 unspecified atom stereocenters. The number of halogens is 1. The summed E-state index contributed by atoms with van der Waals surface area (Å²) in [6.45, 7) is 4.62. The third kappa shape index (κ3) is 6.45. The monoisotopic (exact) mass is 468 g/mol. The van der Waals surface area contributed by atoms with Crippen molar-refractivity contribution >= 4 is 41.2 Å². The number of benzene rings is 2. The number of ether oxygens (including phenoxy) is 1. The van der Waals surface area contributed by atoms with Crippen LogP contribution in [0.4, 0.5) is 10.5 Å². The van der Waals surface area contributed by atoms with E-state index in [-0.39, 0.29) is 5.57 Å². The zero-order valence-corrected chi connectivity index (χ0v) is 19.8. The van der Waals surface area contributed by atoms with Gasteiger partial charge in [0.25, 0.3) is 11.8 Å². The quantitative estimate of drug-likeness (QED) is 0.261. The molecule has 7 heteroatoms. The highest BCUT2D eigenvalue weighted by Crippen LogP contribution is 2.28. The van der Waals surface area contributed by atoms with Crippen molar-refractivity contribution in [2.75, 3.05) is 11.5 Å². The van der Waals surface area contributed by atoms with Crippen molar-refractivity contribution in [3.63, 3.8) is 0 Å². The van der Waals surface area contributed by atoms with E-state index in [4.69, 9.17) is 16.3 Å². The summed E-state index contributed by atoms with van der Waals surface area (Å²) < 4.78 is 5.78. The molecule has 174 valence electrons. The van der Waals surface area contributed by atoms with E-state index in [1.807, 2.05) is 0 Å². The maximum atomic E-state index is 13.1. The van der Waals surface area contributed by atoms with Gasteiger partial charge in [-0.25, -0.2) is 9.69 Å². The van der Waals surface area contributed by atoms with Crippen molar-refractivity contribution < 1.29 is 19.1 Å². The third-order valence-electron chi connectivity index (χ3n) is 5.47. The number of imide groups is 2. The van der Waals surface area contributed by atoms with Gasteiger partial charge in [-0.1, -0.05) is 68.8 Å². The maximum absolute atomic E-state index is 13.1. The van der Waals surface area contributed by atoms with Gasteiger partial charge in [-0.3, -0.25) is 14.9 Å². The van der Waals surface area contributed by atoms with Crippen LogP contribution < -0.4 is 15.0 Å². The lowest BCUT2D eigenvalue weighted by atomic mass is 10.1. The van der Waals surface area contributed by atoms with Crippen LogP contribution in [0.25, 0.3) is 6.08 Å². The fourth-order valence-electron chi connectivity index (χ4n) is 3.60. The number of urea groups is 1. The molecule has 1 aliphatic heterocycles. The Balaban J connectivity index is 1.67. The molecule has 4 amide bonds. The topological polar surface area (TPSA) is 75.7 Å². The number of carbonyl (C=O) groups is 3. The third-order valence-corrected chi connectivity index (χ3v) is 5.71. The average molecular weight is 469 g/mol. The number of carbonyl (C=O) groups excluding carboxylic acids is 3. The van der Waals surface area contributed by atoms with Gasteiger partial charge in [-0.15, -0.1) is 0 Å². The van der Waals surface area contributed by atoms with Gasteiger partial charge < -0.3 is 4.74 Å². The Labute approximate surface area is 199 Å². The fourth-order valence-corrected chi connectivity index (χ4v) is 3.77. The van der Waals surface area contributed by atoms with Gasteiger partial charge in [-0.05, 0) is 54.8 Å². The van der Waals surface area contributed by atoms with Gasteiger partial charge in [0, 0.05) is 5.02 Å². The second-order valence-corrected chi connectivity index (χ2v) is 8.51. The molecule has 1 heterocycles. The normalized spacial score (nSPS) is 15.2.